The first-order chi connectivity index (χ1) is 17.6. The highest BCUT2D eigenvalue weighted by Gasteiger charge is 2.25. The van der Waals surface area contributed by atoms with Crippen LogP contribution in [-0.2, 0) is 6.54 Å². The van der Waals surface area contributed by atoms with E-state index in [0.29, 0.717) is 19.1 Å². The zero-order valence-corrected chi connectivity index (χ0v) is 21.2. The Kier molecular flexibility index (Phi) is 7.53. The molecule has 0 saturated carbocycles. The number of likely N-dealkylation sites (tertiary alicyclic amines) is 2. The number of hydrogen-bond donors (Lipinski definition) is 2. The Bertz CT molecular complexity index is 1160. The summed E-state index contributed by atoms with van der Waals surface area (Å²) in [4.78, 5) is 21.9. The topological polar surface area (TPSA) is 74.7 Å². The van der Waals surface area contributed by atoms with E-state index in [2.05, 4.69) is 32.7 Å². The smallest absolute Gasteiger partial charge is 0.321 e. The van der Waals surface area contributed by atoms with Crippen LogP contribution in [0, 0.1) is 6.92 Å². The molecular weight excluding hydrogens is 452 g/mol. The molecule has 0 aliphatic carbocycles. The third-order valence-corrected chi connectivity index (χ3v) is 7.10. The summed E-state index contributed by atoms with van der Waals surface area (Å²) in [6, 6.07) is 16.7. The molecule has 36 heavy (non-hydrogen) atoms. The molecule has 2 N–H and O–H groups in total. The number of urea groups is 1. The predicted octanol–water partition coefficient (Wildman–Crippen LogP) is 4.05. The van der Waals surface area contributed by atoms with Gasteiger partial charge in [0, 0.05) is 69.2 Å². The van der Waals surface area contributed by atoms with Crippen LogP contribution >= 0.6 is 0 Å². The lowest BCUT2D eigenvalue weighted by molar-refractivity contribution is 0.115. The number of ether oxygens (including phenoxy) is 1. The molecule has 1 unspecified atom stereocenters. The predicted molar refractivity (Wildman–Crippen MR) is 142 cm³/mol. The molecule has 2 amide bonds. The van der Waals surface area contributed by atoms with Crippen molar-refractivity contribution in [3.05, 3.63) is 72.3 Å². The van der Waals surface area contributed by atoms with Crippen LogP contribution in [0.15, 0.2) is 61.1 Å². The van der Waals surface area contributed by atoms with Gasteiger partial charge in [0.05, 0.1) is 12.0 Å². The zero-order valence-electron chi connectivity index (χ0n) is 21.2. The highest BCUT2D eigenvalue weighted by Crippen LogP contribution is 2.24. The van der Waals surface area contributed by atoms with E-state index in [4.69, 9.17) is 4.74 Å². The van der Waals surface area contributed by atoms with Gasteiger partial charge in [-0.05, 0) is 56.3 Å². The number of imidazole rings is 1. The van der Waals surface area contributed by atoms with E-state index in [1.807, 2.05) is 72.4 Å². The van der Waals surface area contributed by atoms with Crippen molar-refractivity contribution in [2.24, 2.45) is 0 Å². The summed E-state index contributed by atoms with van der Waals surface area (Å²) in [6.45, 7) is 6.29. The number of carbonyl (C=O) groups is 1. The number of benzene rings is 2. The van der Waals surface area contributed by atoms with E-state index in [0.717, 1.165) is 61.7 Å². The summed E-state index contributed by atoms with van der Waals surface area (Å²) < 4.78 is 8.10. The van der Waals surface area contributed by atoms with Gasteiger partial charge >= 0.3 is 6.03 Å². The van der Waals surface area contributed by atoms with Gasteiger partial charge in [0.15, 0.2) is 0 Å². The fraction of sp³-hybridized carbons (Fsp3) is 0.429. The number of para-hydroxylation sites is 1. The van der Waals surface area contributed by atoms with Gasteiger partial charge < -0.3 is 24.8 Å². The molecule has 1 atom stereocenters. The summed E-state index contributed by atoms with van der Waals surface area (Å²) in [6.07, 6.45) is 6.77. The van der Waals surface area contributed by atoms with Crippen molar-refractivity contribution in [1.29, 1.82) is 0 Å². The van der Waals surface area contributed by atoms with Crippen LogP contribution < -0.4 is 15.4 Å². The largest absolute Gasteiger partial charge is 0.490 e. The number of likely N-dealkylation sites (N-methyl/N-ethyl adjacent to an activating group) is 1. The van der Waals surface area contributed by atoms with Gasteiger partial charge in [-0.1, -0.05) is 18.2 Å². The van der Waals surface area contributed by atoms with Crippen molar-refractivity contribution in [2.45, 2.75) is 44.9 Å². The van der Waals surface area contributed by atoms with Gasteiger partial charge in [0.2, 0.25) is 0 Å². The minimum Gasteiger partial charge on any atom is -0.490 e. The number of carbonyl (C=O) groups excluding carboxylic acids is 1. The molecule has 5 rings (SSSR count). The van der Waals surface area contributed by atoms with E-state index >= 15 is 0 Å². The molecule has 0 radical (unpaired) electrons. The van der Waals surface area contributed by atoms with Gasteiger partial charge in [0.1, 0.15) is 11.9 Å². The molecule has 0 spiro atoms. The van der Waals surface area contributed by atoms with Gasteiger partial charge in [-0.2, -0.15) is 0 Å². The highest BCUT2D eigenvalue weighted by molar-refractivity contribution is 5.89. The molecule has 2 aliphatic heterocycles. The lowest BCUT2D eigenvalue weighted by Gasteiger charge is -2.32. The van der Waals surface area contributed by atoms with Crippen molar-refractivity contribution >= 4 is 11.7 Å². The van der Waals surface area contributed by atoms with E-state index in [9.17, 15) is 4.79 Å². The maximum Gasteiger partial charge on any atom is 0.321 e. The minimum absolute atomic E-state index is 0.0607. The van der Waals surface area contributed by atoms with Gasteiger partial charge in [-0.15, -0.1) is 0 Å². The second-order valence-corrected chi connectivity index (χ2v) is 9.87. The lowest BCUT2D eigenvalue weighted by Crippen LogP contribution is -2.43. The molecule has 2 aliphatic rings. The van der Waals surface area contributed by atoms with Crippen LogP contribution in [0.1, 0.15) is 30.5 Å². The SMILES string of the molecule is CNC1CCN(Cc2cc(NC(=O)N3CCC(Oc4ccccc4)CC3)cc(-n3cnc(C)c3)c2)C1. The first kappa shape index (κ1) is 24.3. The molecule has 2 aromatic carbocycles. The summed E-state index contributed by atoms with van der Waals surface area (Å²) in [5.41, 5.74) is 3.96. The molecule has 8 heteroatoms. The van der Waals surface area contributed by atoms with Crippen LogP contribution in [0.2, 0.25) is 0 Å². The van der Waals surface area contributed by atoms with Gasteiger partial charge in [-0.3, -0.25) is 4.90 Å². The summed E-state index contributed by atoms with van der Waals surface area (Å²) in [7, 11) is 2.03. The molecule has 3 heterocycles. The van der Waals surface area contributed by atoms with Crippen LogP contribution in [0.5, 0.6) is 5.75 Å². The van der Waals surface area contributed by atoms with E-state index in [1.165, 1.54) is 5.56 Å². The molecule has 1 aromatic heterocycles. The first-order valence-corrected chi connectivity index (χ1v) is 12.9. The normalized spacial score (nSPS) is 18.9. The van der Waals surface area contributed by atoms with E-state index < -0.39 is 0 Å². The van der Waals surface area contributed by atoms with Crippen LogP contribution in [0.3, 0.4) is 0 Å². The summed E-state index contributed by atoms with van der Waals surface area (Å²) in [5.74, 6) is 0.888. The Labute approximate surface area is 213 Å². The number of aryl methyl sites for hydroxylation is 1. The number of rotatable bonds is 7. The monoisotopic (exact) mass is 488 g/mol. The average molecular weight is 489 g/mol. The number of anilines is 1. The Morgan fingerprint density at radius 1 is 1.08 bits per heavy atom. The Morgan fingerprint density at radius 2 is 1.89 bits per heavy atom. The Balaban J connectivity index is 1.25. The number of piperidine rings is 1. The molecular formula is C28H36N6O2. The Morgan fingerprint density at radius 3 is 2.58 bits per heavy atom. The van der Waals surface area contributed by atoms with Crippen molar-refractivity contribution < 1.29 is 9.53 Å². The lowest BCUT2D eigenvalue weighted by atomic mass is 10.1. The molecule has 2 fully saturated rings. The standard InChI is InChI=1S/C28H36N6O2/c1-21-17-34(20-30-21)25-15-22(18-32-11-8-23(19-32)29-2)14-24(16-25)31-28(35)33-12-9-27(10-13-33)36-26-6-4-3-5-7-26/h3-7,14-17,20,23,27,29H,8-13,18-19H2,1-2H3,(H,31,35). The fourth-order valence-corrected chi connectivity index (χ4v) is 5.09. The maximum absolute atomic E-state index is 13.2. The number of hydrogen-bond acceptors (Lipinski definition) is 5. The molecule has 8 nitrogen and oxygen atoms in total. The van der Waals surface area contributed by atoms with Crippen molar-refractivity contribution in [1.82, 2.24) is 24.7 Å². The summed E-state index contributed by atoms with van der Waals surface area (Å²) in [5, 5.41) is 6.54. The second kappa shape index (κ2) is 11.1. The van der Waals surface area contributed by atoms with Crippen LogP contribution in [-0.4, -0.2) is 70.8 Å². The van der Waals surface area contributed by atoms with Crippen LogP contribution in [0.4, 0.5) is 10.5 Å². The Hall–Kier alpha value is -3.36. The van der Waals surface area contributed by atoms with E-state index in [1.54, 1.807) is 0 Å². The van der Waals surface area contributed by atoms with E-state index in [-0.39, 0.29) is 12.1 Å². The van der Waals surface area contributed by atoms with Crippen molar-refractivity contribution in [3.8, 4) is 11.4 Å². The molecule has 0 bridgehead atoms. The van der Waals surface area contributed by atoms with Crippen LogP contribution in [0.25, 0.3) is 5.69 Å². The third kappa shape index (κ3) is 6.06. The first-order valence-electron chi connectivity index (χ1n) is 12.9. The molecule has 2 saturated heterocycles. The van der Waals surface area contributed by atoms with Gasteiger partial charge in [-0.25, -0.2) is 9.78 Å². The van der Waals surface area contributed by atoms with Gasteiger partial charge in [0.25, 0.3) is 0 Å². The van der Waals surface area contributed by atoms with Crippen molar-refractivity contribution in [2.75, 3.05) is 38.5 Å². The second-order valence-electron chi connectivity index (χ2n) is 9.87. The third-order valence-electron chi connectivity index (χ3n) is 7.10. The highest BCUT2D eigenvalue weighted by atomic mass is 16.5. The molecule has 3 aromatic rings. The number of nitrogens with zero attached hydrogens (tertiary/aromatic N) is 4. The number of nitrogens with one attached hydrogen (secondary N) is 2. The summed E-state index contributed by atoms with van der Waals surface area (Å²) >= 11 is 0. The number of aromatic nitrogens is 2. The van der Waals surface area contributed by atoms with Crippen molar-refractivity contribution in [3.63, 3.8) is 0 Å². The number of amides is 2. The maximum atomic E-state index is 13.2. The minimum atomic E-state index is -0.0607. The average Bonchev–Trinajstić information content (AvgIpc) is 3.53. The molecule has 190 valence electrons. The zero-order chi connectivity index (χ0) is 24.9. The quantitative estimate of drug-likeness (QED) is 0.525. The fourth-order valence-electron chi connectivity index (χ4n) is 5.09.